The Morgan fingerprint density at radius 3 is 2.67 bits per heavy atom. The average molecular weight is 267 g/mol. The van der Waals surface area contributed by atoms with Crippen molar-refractivity contribution in [3.63, 3.8) is 0 Å². The third-order valence-corrected chi connectivity index (χ3v) is 4.18. The Bertz CT molecular complexity index is 384. The quantitative estimate of drug-likeness (QED) is 0.894. The van der Waals surface area contributed by atoms with Crippen LogP contribution in [0.4, 0.5) is 5.69 Å². The van der Waals surface area contributed by atoms with Crippen molar-refractivity contribution >= 4 is 17.3 Å². The third-order valence-electron chi connectivity index (χ3n) is 3.95. The van der Waals surface area contributed by atoms with E-state index in [1.54, 1.807) is 0 Å². The molecule has 18 heavy (non-hydrogen) atoms. The van der Waals surface area contributed by atoms with E-state index in [4.69, 9.17) is 11.6 Å². The molecule has 1 heterocycles. The molecule has 0 bridgehead atoms. The summed E-state index contributed by atoms with van der Waals surface area (Å²) >= 11 is 6.15. The van der Waals surface area contributed by atoms with Crippen LogP contribution < -0.4 is 10.2 Å². The molecular weight excluding hydrogens is 244 g/mol. The fourth-order valence-electron chi connectivity index (χ4n) is 2.75. The van der Waals surface area contributed by atoms with Crippen molar-refractivity contribution in [1.82, 2.24) is 5.32 Å². The first-order chi connectivity index (χ1) is 8.74. The number of anilines is 1. The van der Waals surface area contributed by atoms with Gasteiger partial charge in [-0.25, -0.2) is 0 Å². The molecule has 1 saturated heterocycles. The molecular formula is C15H23ClN2. The lowest BCUT2D eigenvalue weighted by Crippen LogP contribution is -2.34. The van der Waals surface area contributed by atoms with E-state index in [1.807, 2.05) is 13.1 Å². The van der Waals surface area contributed by atoms with Crippen LogP contribution in [-0.2, 0) is 6.54 Å². The second-order valence-electron chi connectivity index (χ2n) is 5.14. The zero-order chi connectivity index (χ0) is 13.0. The smallest absolute Gasteiger partial charge is 0.0426 e. The number of halogens is 1. The van der Waals surface area contributed by atoms with Gasteiger partial charge in [-0.1, -0.05) is 31.0 Å². The van der Waals surface area contributed by atoms with Crippen molar-refractivity contribution in [2.45, 2.75) is 32.7 Å². The van der Waals surface area contributed by atoms with Crippen LogP contribution in [0.15, 0.2) is 18.2 Å². The van der Waals surface area contributed by atoms with Gasteiger partial charge in [-0.2, -0.15) is 0 Å². The minimum atomic E-state index is 0.836. The Morgan fingerprint density at radius 2 is 2.06 bits per heavy atom. The number of hydrogen-bond donors (Lipinski definition) is 1. The summed E-state index contributed by atoms with van der Waals surface area (Å²) < 4.78 is 0. The molecule has 1 aromatic rings. The third kappa shape index (κ3) is 3.18. The van der Waals surface area contributed by atoms with Gasteiger partial charge in [0.1, 0.15) is 0 Å². The lowest BCUT2D eigenvalue weighted by molar-refractivity contribution is 0.394. The lowest BCUT2D eigenvalue weighted by atomic mass is 9.94. The highest BCUT2D eigenvalue weighted by atomic mass is 35.5. The molecule has 0 radical (unpaired) electrons. The van der Waals surface area contributed by atoms with E-state index in [9.17, 15) is 0 Å². The van der Waals surface area contributed by atoms with E-state index in [2.05, 4.69) is 29.3 Å². The molecule has 0 saturated carbocycles. The van der Waals surface area contributed by atoms with Crippen LogP contribution in [-0.4, -0.2) is 20.1 Å². The minimum Gasteiger partial charge on any atom is -0.371 e. The zero-order valence-corrected chi connectivity index (χ0v) is 12.1. The van der Waals surface area contributed by atoms with Gasteiger partial charge in [0, 0.05) is 30.3 Å². The lowest BCUT2D eigenvalue weighted by Gasteiger charge is -2.34. The molecule has 2 nitrogen and oxygen atoms in total. The van der Waals surface area contributed by atoms with Gasteiger partial charge < -0.3 is 10.2 Å². The van der Waals surface area contributed by atoms with Gasteiger partial charge in [-0.15, -0.1) is 0 Å². The maximum atomic E-state index is 6.15. The predicted octanol–water partition coefficient (Wildman–Crippen LogP) is 3.69. The minimum absolute atomic E-state index is 0.836. The molecule has 100 valence electrons. The number of nitrogens with one attached hydrogen (secondary N) is 1. The summed E-state index contributed by atoms with van der Waals surface area (Å²) in [5.41, 5.74) is 2.66. The molecule has 0 unspecified atom stereocenters. The first-order valence-corrected chi connectivity index (χ1v) is 7.30. The molecule has 3 heteroatoms. The number of nitrogens with zero attached hydrogens (tertiary/aromatic N) is 1. The topological polar surface area (TPSA) is 15.3 Å². The van der Waals surface area contributed by atoms with Gasteiger partial charge >= 0.3 is 0 Å². The largest absolute Gasteiger partial charge is 0.371 e. The first-order valence-electron chi connectivity index (χ1n) is 6.92. The van der Waals surface area contributed by atoms with Crippen LogP contribution in [0.2, 0.25) is 5.02 Å². The monoisotopic (exact) mass is 266 g/mol. The van der Waals surface area contributed by atoms with Crippen molar-refractivity contribution in [1.29, 1.82) is 0 Å². The normalized spacial score (nSPS) is 17.2. The molecule has 0 atom stereocenters. The number of hydrogen-bond acceptors (Lipinski definition) is 2. The molecule has 0 aromatic heterocycles. The molecule has 1 aromatic carbocycles. The average Bonchev–Trinajstić information content (AvgIpc) is 2.41. The van der Waals surface area contributed by atoms with Crippen molar-refractivity contribution in [2.24, 2.45) is 5.92 Å². The Kier molecular flexibility index (Phi) is 4.90. The van der Waals surface area contributed by atoms with Crippen molar-refractivity contribution in [2.75, 3.05) is 25.0 Å². The molecule has 1 aliphatic heterocycles. The van der Waals surface area contributed by atoms with Gasteiger partial charge in [-0.3, -0.25) is 0 Å². The van der Waals surface area contributed by atoms with Crippen molar-refractivity contribution in [3.05, 3.63) is 28.8 Å². The number of rotatable bonds is 4. The van der Waals surface area contributed by atoms with E-state index in [1.165, 1.54) is 30.5 Å². The first kappa shape index (κ1) is 13.7. The van der Waals surface area contributed by atoms with Crippen molar-refractivity contribution in [3.8, 4) is 0 Å². The summed E-state index contributed by atoms with van der Waals surface area (Å²) in [6.07, 6.45) is 3.93. The Labute approximate surface area is 115 Å². The standard InChI is InChI=1S/C15H23ClN2/c1-3-12-6-8-18(9-7-12)15-10-14(16)5-4-13(15)11-17-2/h4-5,10,12,17H,3,6-9,11H2,1-2H3. The Hall–Kier alpha value is -0.730. The fraction of sp³-hybridized carbons (Fsp3) is 0.600. The van der Waals surface area contributed by atoms with Crippen LogP contribution in [0.25, 0.3) is 0 Å². The highest BCUT2D eigenvalue weighted by Crippen LogP contribution is 2.29. The second kappa shape index (κ2) is 6.44. The van der Waals surface area contributed by atoms with Crippen LogP contribution >= 0.6 is 11.6 Å². The molecule has 1 fully saturated rings. The van der Waals surface area contributed by atoms with Crippen LogP contribution in [0.1, 0.15) is 31.7 Å². The van der Waals surface area contributed by atoms with Gasteiger partial charge in [0.25, 0.3) is 0 Å². The Balaban J connectivity index is 2.14. The Morgan fingerprint density at radius 1 is 1.33 bits per heavy atom. The van der Waals surface area contributed by atoms with Gasteiger partial charge in [-0.05, 0) is 43.5 Å². The summed E-state index contributed by atoms with van der Waals surface area (Å²) in [6, 6.07) is 6.23. The summed E-state index contributed by atoms with van der Waals surface area (Å²) in [7, 11) is 1.99. The molecule has 1 aliphatic rings. The van der Waals surface area contributed by atoms with E-state index in [0.717, 1.165) is 30.6 Å². The van der Waals surface area contributed by atoms with Crippen LogP contribution in [0.5, 0.6) is 0 Å². The summed E-state index contributed by atoms with van der Waals surface area (Å²) in [6.45, 7) is 5.53. The molecule has 1 N–H and O–H groups in total. The molecule has 2 rings (SSSR count). The molecule has 0 amide bonds. The zero-order valence-electron chi connectivity index (χ0n) is 11.4. The number of piperidine rings is 1. The van der Waals surface area contributed by atoms with Gasteiger partial charge in [0.05, 0.1) is 0 Å². The highest BCUT2D eigenvalue weighted by molar-refractivity contribution is 6.30. The molecule has 0 aliphatic carbocycles. The van der Waals surface area contributed by atoms with Crippen LogP contribution in [0.3, 0.4) is 0 Å². The predicted molar refractivity (Wildman–Crippen MR) is 79.4 cm³/mol. The van der Waals surface area contributed by atoms with Crippen molar-refractivity contribution < 1.29 is 0 Å². The highest BCUT2D eigenvalue weighted by Gasteiger charge is 2.19. The van der Waals surface area contributed by atoms with Crippen LogP contribution in [0, 0.1) is 5.92 Å². The van der Waals surface area contributed by atoms with Gasteiger partial charge in [0.15, 0.2) is 0 Å². The van der Waals surface area contributed by atoms with E-state index in [0.29, 0.717) is 0 Å². The maximum Gasteiger partial charge on any atom is 0.0426 e. The fourth-order valence-corrected chi connectivity index (χ4v) is 2.92. The molecule has 0 spiro atoms. The maximum absolute atomic E-state index is 6.15. The summed E-state index contributed by atoms with van der Waals surface area (Å²) in [5.74, 6) is 0.910. The number of benzene rings is 1. The second-order valence-corrected chi connectivity index (χ2v) is 5.58. The summed E-state index contributed by atoms with van der Waals surface area (Å²) in [4.78, 5) is 2.49. The summed E-state index contributed by atoms with van der Waals surface area (Å²) in [5, 5.41) is 4.07. The van der Waals surface area contributed by atoms with E-state index in [-0.39, 0.29) is 0 Å². The SMILES string of the molecule is CCC1CCN(c2cc(Cl)ccc2CNC)CC1. The van der Waals surface area contributed by atoms with E-state index < -0.39 is 0 Å². The van der Waals surface area contributed by atoms with Gasteiger partial charge in [0.2, 0.25) is 0 Å². The van der Waals surface area contributed by atoms with E-state index >= 15 is 0 Å².